The fraction of sp³-hybridized carbons (Fsp3) is 0.333. The highest BCUT2D eigenvalue weighted by atomic mass is 32.1. The monoisotopic (exact) mass is 425 g/mol. The summed E-state index contributed by atoms with van der Waals surface area (Å²) in [6.45, 7) is 6.54. The van der Waals surface area contributed by atoms with Crippen molar-refractivity contribution in [2.45, 2.75) is 39.3 Å². The average Bonchev–Trinajstić information content (AvgIpc) is 3.35. The Hall–Kier alpha value is -3.20. The maximum Gasteiger partial charge on any atom is 0.410 e. The summed E-state index contributed by atoms with van der Waals surface area (Å²) >= 11 is 1.39. The summed E-state index contributed by atoms with van der Waals surface area (Å²) in [7, 11) is 0. The van der Waals surface area contributed by atoms with E-state index in [1.165, 1.54) is 11.3 Å². The fourth-order valence-electron chi connectivity index (χ4n) is 3.09. The zero-order valence-corrected chi connectivity index (χ0v) is 17.9. The van der Waals surface area contributed by atoms with Gasteiger partial charge in [-0.25, -0.2) is 14.5 Å². The van der Waals surface area contributed by atoms with Crippen LogP contribution >= 0.6 is 11.3 Å². The Balaban J connectivity index is 1.41. The van der Waals surface area contributed by atoms with E-state index in [0.29, 0.717) is 30.2 Å². The van der Waals surface area contributed by atoms with Crippen LogP contribution in [-0.4, -0.2) is 43.8 Å². The highest BCUT2D eigenvalue weighted by Crippen LogP contribution is 2.29. The Bertz CT molecular complexity index is 1050. The maximum atomic E-state index is 12.6. The Morgan fingerprint density at radius 2 is 1.97 bits per heavy atom. The van der Waals surface area contributed by atoms with E-state index in [2.05, 4.69) is 15.4 Å². The Kier molecular flexibility index (Phi) is 5.29. The molecule has 1 aliphatic heterocycles. The first kappa shape index (κ1) is 20.1. The summed E-state index contributed by atoms with van der Waals surface area (Å²) in [5.74, 6) is -0.225. The van der Waals surface area contributed by atoms with Gasteiger partial charge in [-0.3, -0.25) is 10.1 Å². The molecule has 1 aliphatic rings. The molecule has 0 atom stereocenters. The van der Waals surface area contributed by atoms with Gasteiger partial charge in [0.15, 0.2) is 5.13 Å². The van der Waals surface area contributed by atoms with Crippen molar-refractivity contribution in [1.82, 2.24) is 19.7 Å². The van der Waals surface area contributed by atoms with E-state index < -0.39 is 5.60 Å². The molecule has 3 heterocycles. The second-order valence-corrected chi connectivity index (χ2v) is 9.08. The highest BCUT2D eigenvalue weighted by Gasteiger charge is 2.28. The van der Waals surface area contributed by atoms with Crippen molar-refractivity contribution in [3.63, 3.8) is 0 Å². The van der Waals surface area contributed by atoms with Gasteiger partial charge >= 0.3 is 6.09 Å². The maximum absolute atomic E-state index is 12.6. The van der Waals surface area contributed by atoms with Crippen LogP contribution in [0.3, 0.4) is 0 Å². The van der Waals surface area contributed by atoms with Gasteiger partial charge < -0.3 is 9.64 Å². The quantitative estimate of drug-likeness (QED) is 0.688. The number of nitrogens with zero attached hydrogens (tertiary/aromatic N) is 4. The van der Waals surface area contributed by atoms with Gasteiger partial charge in [-0.15, -0.1) is 0 Å². The van der Waals surface area contributed by atoms with Crippen LogP contribution in [0.2, 0.25) is 0 Å². The number of hydrogen-bond donors (Lipinski definition) is 1. The predicted molar refractivity (Wildman–Crippen MR) is 114 cm³/mol. The van der Waals surface area contributed by atoms with Crippen LogP contribution in [0.5, 0.6) is 0 Å². The van der Waals surface area contributed by atoms with Crippen molar-refractivity contribution in [1.29, 1.82) is 0 Å². The molecule has 0 bridgehead atoms. The van der Waals surface area contributed by atoms with E-state index in [9.17, 15) is 9.59 Å². The van der Waals surface area contributed by atoms with Gasteiger partial charge in [0.25, 0.3) is 5.91 Å². The van der Waals surface area contributed by atoms with Crippen LogP contribution in [0.1, 0.15) is 41.7 Å². The molecular formula is C21H23N5O3S. The molecule has 1 aromatic carbocycles. The molecule has 1 N–H and O–H groups in total. The third-order valence-corrected chi connectivity index (χ3v) is 5.50. The van der Waals surface area contributed by atoms with Gasteiger partial charge in [0.2, 0.25) is 0 Å². The Labute approximate surface area is 178 Å². The molecule has 156 valence electrons. The minimum atomic E-state index is -0.531. The molecule has 8 nitrogen and oxygen atoms in total. The summed E-state index contributed by atoms with van der Waals surface area (Å²) in [5.41, 5.74) is 1.80. The second-order valence-electron chi connectivity index (χ2n) is 7.99. The lowest BCUT2D eigenvalue weighted by Gasteiger charge is -2.29. The lowest BCUT2D eigenvalue weighted by molar-refractivity contribution is 0.0225. The second kappa shape index (κ2) is 7.91. The highest BCUT2D eigenvalue weighted by molar-refractivity contribution is 7.15. The van der Waals surface area contributed by atoms with Crippen molar-refractivity contribution < 1.29 is 14.3 Å². The number of amides is 2. The summed E-state index contributed by atoms with van der Waals surface area (Å²) < 4.78 is 7.18. The van der Waals surface area contributed by atoms with E-state index in [-0.39, 0.29) is 12.0 Å². The van der Waals surface area contributed by atoms with E-state index in [4.69, 9.17) is 4.74 Å². The summed E-state index contributed by atoms with van der Waals surface area (Å²) in [6, 6.07) is 9.03. The third kappa shape index (κ3) is 4.51. The molecular weight excluding hydrogens is 402 g/mol. The predicted octanol–water partition coefficient (Wildman–Crippen LogP) is 3.87. The molecule has 2 amide bonds. The SMILES string of the molecule is CC(C)(C)OC(=O)N1CCc2nc(NC(=O)c3ccc(-n4cccn4)cc3)sc2C1. The Morgan fingerprint density at radius 3 is 2.63 bits per heavy atom. The molecule has 0 fully saturated rings. The standard InChI is InChI=1S/C21H23N5O3S/c1-21(2,3)29-20(28)25-12-9-16-17(13-25)30-19(23-16)24-18(27)14-5-7-15(8-6-14)26-11-4-10-22-26/h4-8,10-11H,9,12-13H2,1-3H3,(H,23,24,27). The largest absolute Gasteiger partial charge is 0.444 e. The van der Waals surface area contributed by atoms with Crippen molar-refractivity contribution in [2.24, 2.45) is 0 Å². The number of aromatic nitrogens is 3. The van der Waals surface area contributed by atoms with Crippen LogP contribution in [-0.2, 0) is 17.7 Å². The molecule has 0 unspecified atom stereocenters. The smallest absolute Gasteiger partial charge is 0.410 e. The normalized spacial score (nSPS) is 13.6. The van der Waals surface area contributed by atoms with E-state index >= 15 is 0 Å². The average molecular weight is 426 g/mol. The number of hydrogen-bond acceptors (Lipinski definition) is 6. The topological polar surface area (TPSA) is 89.4 Å². The number of benzene rings is 1. The van der Waals surface area contributed by atoms with E-state index in [0.717, 1.165) is 16.3 Å². The first-order chi connectivity index (χ1) is 14.3. The minimum absolute atomic E-state index is 0.225. The van der Waals surface area contributed by atoms with Crippen LogP contribution in [0.15, 0.2) is 42.7 Å². The van der Waals surface area contributed by atoms with Crippen molar-refractivity contribution in [3.8, 4) is 5.69 Å². The molecule has 0 saturated carbocycles. The van der Waals surface area contributed by atoms with Crippen LogP contribution in [0.25, 0.3) is 5.69 Å². The van der Waals surface area contributed by atoms with E-state index in [1.807, 2.05) is 45.2 Å². The molecule has 0 aliphatic carbocycles. The molecule has 3 aromatic rings. The van der Waals surface area contributed by atoms with Gasteiger partial charge in [0, 0.05) is 35.8 Å². The van der Waals surface area contributed by atoms with Crippen LogP contribution in [0, 0.1) is 0 Å². The summed E-state index contributed by atoms with van der Waals surface area (Å²) in [4.78, 5) is 32.1. The summed E-state index contributed by atoms with van der Waals surface area (Å²) in [6.07, 6.45) is 3.86. The van der Waals surface area contributed by atoms with Gasteiger partial charge in [-0.2, -0.15) is 5.10 Å². The third-order valence-electron chi connectivity index (χ3n) is 4.50. The molecule has 0 saturated heterocycles. The number of anilines is 1. The number of nitrogens with one attached hydrogen (secondary N) is 1. The Morgan fingerprint density at radius 1 is 1.20 bits per heavy atom. The van der Waals surface area contributed by atoms with Crippen molar-refractivity contribution in [2.75, 3.05) is 11.9 Å². The van der Waals surface area contributed by atoms with Gasteiger partial charge in [0.1, 0.15) is 5.60 Å². The number of rotatable bonds is 3. The zero-order valence-electron chi connectivity index (χ0n) is 17.1. The first-order valence-corrected chi connectivity index (χ1v) is 10.5. The number of carbonyl (C=O) groups is 2. The van der Waals surface area contributed by atoms with Gasteiger partial charge in [0.05, 0.1) is 17.9 Å². The van der Waals surface area contributed by atoms with Crippen LogP contribution in [0.4, 0.5) is 9.93 Å². The zero-order chi connectivity index (χ0) is 21.3. The molecule has 4 rings (SSSR count). The lowest BCUT2D eigenvalue weighted by Crippen LogP contribution is -2.39. The summed E-state index contributed by atoms with van der Waals surface area (Å²) in [5, 5.41) is 7.57. The molecule has 0 radical (unpaired) electrons. The van der Waals surface area contributed by atoms with E-state index in [1.54, 1.807) is 27.9 Å². The number of carbonyl (C=O) groups excluding carboxylic acids is 2. The van der Waals surface area contributed by atoms with Gasteiger partial charge in [-0.1, -0.05) is 11.3 Å². The molecule has 2 aromatic heterocycles. The van der Waals surface area contributed by atoms with Gasteiger partial charge in [-0.05, 0) is 51.1 Å². The minimum Gasteiger partial charge on any atom is -0.444 e. The molecule has 30 heavy (non-hydrogen) atoms. The number of fused-ring (bicyclic) bond motifs is 1. The number of thiazole rings is 1. The number of ether oxygens (including phenoxy) is 1. The first-order valence-electron chi connectivity index (χ1n) is 9.66. The van der Waals surface area contributed by atoms with Crippen molar-refractivity contribution in [3.05, 3.63) is 58.9 Å². The molecule has 9 heteroatoms. The van der Waals surface area contributed by atoms with Crippen LogP contribution < -0.4 is 5.32 Å². The van der Waals surface area contributed by atoms with Crippen molar-refractivity contribution >= 4 is 28.5 Å². The fourth-order valence-corrected chi connectivity index (χ4v) is 4.11. The lowest BCUT2D eigenvalue weighted by atomic mass is 10.2. The molecule has 0 spiro atoms.